The first-order valence-corrected chi connectivity index (χ1v) is 10.8. The van der Waals surface area contributed by atoms with Gasteiger partial charge < -0.3 is 20.3 Å². The van der Waals surface area contributed by atoms with Crippen LogP contribution in [0, 0.1) is 18.6 Å². The van der Waals surface area contributed by atoms with Gasteiger partial charge in [0.1, 0.15) is 0 Å². The number of aliphatic hydroxyl groups excluding tert-OH is 1. The second kappa shape index (κ2) is 8.53. The number of anilines is 1. The number of ketones is 1. The van der Waals surface area contributed by atoms with E-state index in [2.05, 4.69) is 10.6 Å². The predicted octanol–water partition coefficient (Wildman–Crippen LogP) is 3.12. The highest BCUT2D eigenvalue weighted by atomic mass is 19.3. The van der Waals surface area contributed by atoms with Crippen molar-refractivity contribution in [1.29, 1.82) is 0 Å². The molecular weight excluding hydrogens is 458 g/mol. The Hall–Kier alpha value is -3.21. The molecule has 1 fully saturated rings. The Labute approximate surface area is 192 Å². The lowest BCUT2D eigenvalue weighted by atomic mass is 9.74. The maximum atomic E-state index is 13.5. The van der Waals surface area contributed by atoms with Gasteiger partial charge in [0.2, 0.25) is 0 Å². The molecule has 1 aromatic heterocycles. The fourth-order valence-corrected chi connectivity index (χ4v) is 4.82. The summed E-state index contributed by atoms with van der Waals surface area (Å²) in [6.07, 6.45) is 0.325. The van der Waals surface area contributed by atoms with E-state index in [4.69, 9.17) is 0 Å². The minimum absolute atomic E-state index is 0.0143. The van der Waals surface area contributed by atoms with E-state index in [1.807, 2.05) is 0 Å². The second-order valence-electron chi connectivity index (χ2n) is 8.92. The van der Waals surface area contributed by atoms with Gasteiger partial charge in [0.15, 0.2) is 11.6 Å². The average Bonchev–Trinajstić information content (AvgIpc) is 3.05. The molecule has 0 radical (unpaired) electrons. The van der Waals surface area contributed by atoms with Crippen molar-refractivity contribution < 1.29 is 37.1 Å². The van der Waals surface area contributed by atoms with Crippen molar-refractivity contribution in [3.8, 4) is 0 Å². The molecule has 4 rings (SSSR count). The molecule has 3 N–H and O–H groups in total. The van der Waals surface area contributed by atoms with E-state index in [0.29, 0.717) is 25.1 Å². The molecule has 1 saturated carbocycles. The molecule has 7 nitrogen and oxygen atoms in total. The minimum Gasteiger partial charge on any atom is -0.394 e. The molecule has 1 aliphatic carbocycles. The van der Waals surface area contributed by atoms with Crippen LogP contribution in [0.15, 0.2) is 18.2 Å². The number of carbonyl (C=O) groups is 3. The quantitative estimate of drug-likeness (QED) is 0.335. The molecule has 0 saturated heterocycles. The first-order chi connectivity index (χ1) is 16.0. The number of carbonyl (C=O) groups excluding carboxylic acids is 3. The zero-order valence-electron chi connectivity index (χ0n) is 18.3. The maximum absolute atomic E-state index is 13.5. The summed E-state index contributed by atoms with van der Waals surface area (Å²) >= 11 is 0. The summed E-state index contributed by atoms with van der Waals surface area (Å²) in [5, 5.41) is 14.2. The number of nitrogens with one attached hydrogen (secondary N) is 2. The normalized spacial score (nSPS) is 17.9. The number of nitrogens with zero attached hydrogens (tertiary/aromatic N) is 1. The fourth-order valence-electron chi connectivity index (χ4n) is 4.82. The molecule has 34 heavy (non-hydrogen) atoms. The highest BCUT2D eigenvalue weighted by Gasteiger charge is 2.57. The number of hydrogen-bond donors (Lipinski definition) is 3. The molecule has 0 spiro atoms. The number of amides is 2. The largest absolute Gasteiger partial charge is 0.394 e. The van der Waals surface area contributed by atoms with E-state index < -0.39 is 60.1 Å². The van der Waals surface area contributed by atoms with E-state index in [0.717, 1.165) is 18.6 Å². The molecule has 2 heterocycles. The number of benzene rings is 1. The Morgan fingerprint density at radius 2 is 1.82 bits per heavy atom. The number of alkyl halides is 2. The lowest BCUT2D eigenvalue weighted by Crippen LogP contribution is -2.65. The van der Waals surface area contributed by atoms with Gasteiger partial charge in [-0.2, -0.15) is 0 Å². The van der Waals surface area contributed by atoms with Crippen LogP contribution in [0.25, 0.3) is 0 Å². The average molecular weight is 481 g/mol. The standard InChI is InChI=1S/C23H23F4N3O4/c1-12-17(20(33)28-13-5-6-14(24)15(25)8-13)16-4-2-3-7-30(16)18(12)19(32)21(34)29-22(11-31)9-23(26,27)10-22/h5-6,8,31H,2-4,7,9-11H2,1H3,(H,28,33)(H,29,34). The number of aliphatic hydroxyl groups is 1. The van der Waals surface area contributed by atoms with Crippen LogP contribution in [-0.2, 0) is 17.8 Å². The Morgan fingerprint density at radius 3 is 2.44 bits per heavy atom. The second-order valence-corrected chi connectivity index (χ2v) is 8.92. The zero-order chi connectivity index (χ0) is 24.8. The van der Waals surface area contributed by atoms with Gasteiger partial charge in [-0.1, -0.05) is 0 Å². The van der Waals surface area contributed by atoms with Crippen LogP contribution in [0.5, 0.6) is 0 Å². The Kier molecular flexibility index (Phi) is 6.01. The van der Waals surface area contributed by atoms with Gasteiger partial charge in [0.05, 0.1) is 23.4 Å². The van der Waals surface area contributed by atoms with Crippen molar-refractivity contribution >= 4 is 23.3 Å². The highest BCUT2D eigenvalue weighted by molar-refractivity contribution is 6.43. The van der Waals surface area contributed by atoms with E-state index in [-0.39, 0.29) is 22.5 Å². The molecule has 11 heteroatoms. The maximum Gasteiger partial charge on any atom is 0.294 e. The van der Waals surface area contributed by atoms with E-state index >= 15 is 0 Å². The number of Topliss-reactive ketones (excluding diaryl/α,β-unsaturated/α-hetero) is 1. The van der Waals surface area contributed by atoms with Gasteiger partial charge in [-0.05, 0) is 43.9 Å². The van der Waals surface area contributed by atoms with Gasteiger partial charge in [-0.25, -0.2) is 17.6 Å². The van der Waals surface area contributed by atoms with Gasteiger partial charge >= 0.3 is 0 Å². The smallest absolute Gasteiger partial charge is 0.294 e. The van der Waals surface area contributed by atoms with Crippen LogP contribution in [0.4, 0.5) is 23.2 Å². The number of aromatic nitrogens is 1. The first-order valence-electron chi connectivity index (χ1n) is 10.8. The summed E-state index contributed by atoms with van der Waals surface area (Å²) in [6, 6.07) is 2.89. The van der Waals surface area contributed by atoms with Gasteiger partial charge in [0, 0.05) is 36.8 Å². The third-order valence-corrected chi connectivity index (χ3v) is 6.36. The molecule has 2 aromatic rings. The summed E-state index contributed by atoms with van der Waals surface area (Å²) in [7, 11) is 0. The van der Waals surface area contributed by atoms with Crippen molar-refractivity contribution in [1.82, 2.24) is 9.88 Å². The lowest BCUT2D eigenvalue weighted by Gasteiger charge is -2.46. The number of halogens is 4. The third kappa shape index (κ3) is 4.20. The molecule has 2 amide bonds. The SMILES string of the molecule is Cc1c(C(=O)Nc2ccc(F)c(F)c2)c2n(c1C(=O)C(=O)NC1(CO)CC(F)(F)C1)CCCC2. The third-order valence-electron chi connectivity index (χ3n) is 6.36. The number of fused-ring (bicyclic) bond motifs is 1. The molecular formula is C23H23F4N3O4. The van der Waals surface area contributed by atoms with Crippen LogP contribution in [0.2, 0.25) is 0 Å². The number of rotatable bonds is 6. The van der Waals surface area contributed by atoms with Crippen LogP contribution in [0.1, 0.15) is 57.8 Å². The Morgan fingerprint density at radius 1 is 1.12 bits per heavy atom. The first kappa shape index (κ1) is 23.9. The van der Waals surface area contributed by atoms with Crippen LogP contribution < -0.4 is 10.6 Å². The summed E-state index contributed by atoms with van der Waals surface area (Å²) in [5.41, 5.74) is -0.718. The van der Waals surface area contributed by atoms with Crippen molar-refractivity contribution in [2.24, 2.45) is 0 Å². The molecule has 1 aliphatic heterocycles. The topological polar surface area (TPSA) is 100 Å². The summed E-state index contributed by atoms with van der Waals surface area (Å²) in [4.78, 5) is 38.8. The van der Waals surface area contributed by atoms with E-state index in [1.54, 1.807) is 4.57 Å². The Balaban J connectivity index is 1.63. The summed E-state index contributed by atoms with van der Waals surface area (Å²) in [5.74, 6) is -8.05. The molecule has 2 aliphatic rings. The minimum atomic E-state index is -3.03. The molecule has 0 unspecified atom stereocenters. The molecule has 0 bridgehead atoms. The monoisotopic (exact) mass is 481 g/mol. The van der Waals surface area contributed by atoms with E-state index in [9.17, 15) is 37.1 Å². The lowest BCUT2D eigenvalue weighted by molar-refractivity contribution is -0.154. The van der Waals surface area contributed by atoms with Crippen LogP contribution >= 0.6 is 0 Å². The predicted molar refractivity (Wildman–Crippen MR) is 113 cm³/mol. The zero-order valence-corrected chi connectivity index (χ0v) is 18.3. The van der Waals surface area contributed by atoms with Crippen molar-refractivity contribution in [3.05, 3.63) is 52.3 Å². The fraction of sp³-hybridized carbons (Fsp3) is 0.435. The van der Waals surface area contributed by atoms with Gasteiger partial charge in [-0.3, -0.25) is 14.4 Å². The highest BCUT2D eigenvalue weighted by Crippen LogP contribution is 2.45. The Bertz CT molecular complexity index is 1180. The molecule has 0 atom stereocenters. The van der Waals surface area contributed by atoms with Crippen molar-refractivity contribution in [2.45, 2.75) is 57.0 Å². The van der Waals surface area contributed by atoms with E-state index in [1.165, 1.54) is 13.0 Å². The van der Waals surface area contributed by atoms with Crippen LogP contribution in [0.3, 0.4) is 0 Å². The summed E-state index contributed by atoms with van der Waals surface area (Å²) < 4.78 is 55.0. The van der Waals surface area contributed by atoms with Crippen LogP contribution in [-0.4, -0.2) is 45.3 Å². The van der Waals surface area contributed by atoms with Gasteiger partial charge in [-0.15, -0.1) is 0 Å². The molecule has 182 valence electrons. The van der Waals surface area contributed by atoms with Crippen molar-refractivity contribution in [3.63, 3.8) is 0 Å². The molecule has 1 aromatic carbocycles. The summed E-state index contributed by atoms with van der Waals surface area (Å²) in [6.45, 7) is 1.12. The number of hydrogen-bond acceptors (Lipinski definition) is 4. The van der Waals surface area contributed by atoms with Gasteiger partial charge in [0.25, 0.3) is 23.5 Å². The van der Waals surface area contributed by atoms with Crippen molar-refractivity contribution in [2.75, 3.05) is 11.9 Å².